The topological polar surface area (TPSA) is 69.9 Å². The summed E-state index contributed by atoms with van der Waals surface area (Å²) in [4.78, 5) is 4.35. The second kappa shape index (κ2) is 4.03. The van der Waals surface area contributed by atoms with E-state index in [1.54, 1.807) is 12.3 Å². The van der Waals surface area contributed by atoms with Crippen LogP contribution in [0.25, 0.3) is 22.7 Å². The van der Waals surface area contributed by atoms with Gasteiger partial charge in [-0.15, -0.1) is 0 Å². The number of nitrogens with zero attached hydrogens (tertiary/aromatic N) is 3. The smallest absolute Gasteiger partial charge is 0.169 e. The molecular formula is C13H12N4O. The molecule has 2 N–H and O–H groups in total. The summed E-state index contributed by atoms with van der Waals surface area (Å²) in [6.07, 6.45) is 3.67. The Morgan fingerprint density at radius 1 is 1.22 bits per heavy atom. The number of aromatic nitrogens is 3. The number of anilines is 1. The average molecular weight is 240 g/mol. The number of nitrogen functional groups attached to an aromatic ring is 1. The molecule has 2 aromatic heterocycles. The van der Waals surface area contributed by atoms with Gasteiger partial charge in [0.1, 0.15) is 5.82 Å². The first-order chi connectivity index (χ1) is 8.75. The van der Waals surface area contributed by atoms with Crippen LogP contribution in [0.4, 0.5) is 5.82 Å². The van der Waals surface area contributed by atoms with Gasteiger partial charge in [-0.1, -0.05) is 29.4 Å². The molecule has 0 unspecified atom stereocenters. The second-order valence-electron chi connectivity index (χ2n) is 4.02. The molecule has 2 heterocycles. The van der Waals surface area contributed by atoms with Gasteiger partial charge < -0.3 is 14.8 Å². The molecule has 90 valence electrons. The molecule has 0 radical (unpaired) electrons. The summed E-state index contributed by atoms with van der Waals surface area (Å²) >= 11 is 0. The van der Waals surface area contributed by atoms with E-state index in [9.17, 15) is 0 Å². The van der Waals surface area contributed by atoms with Crippen molar-refractivity contribution in [3.8, 4) is 22.7 Å². The van der Waals surface area contributed by atoms with E-state index in [2.05, 4.69) is 10.1 Å². The Morgan fingerprint density at radius 3 is 2.61 bits per heavy atom. The van der Waals surface area contributed by atoms with E-state index >= 15 is 0 Å². The number of hydrogen-bond donors (Lipinski definition) is 1. The molecule has 0 saturated carbocycles. The second-order valence-corrected chi connectivity index (χ2v) is 4.02. The Morgan fingerprint density at radius 2 is 2.00 bits per heavy atom. The molecule has 5 heteroatoms. The lowest BCUT2D eigenvalue weighted by atomic mass is 10.0. The molecule has 0 aliphatic carbocycles. The lowest BCUT2D eigenvalue weighted by molar-refractivity contribution is 0.436. The van der Waals surface area contributed by atoms with Gasteiger partial charge in [0.05, 0.1) is 0 Å². The number of benzene rings is 1. The Kier molecular flexibility index (Phi) is 2.37. The third-order valence-electron chi connectivity index (χ3n) is 2.78. The highest BCUT2D eigenvalue weighted by atomic mass is 16.5. The van der Waals surface area contributed by atoms with E-state index in [1.807, 2.05) is 42.1 Å². The van der Waals surface area contributed by atoms with Crippen LogP contribution in [-0.2, 0) is 7.05 Å². The zero-order valence-electron chi connectivity index (χ0n) is 9.87. The van der Waals surface area contributed by atoms with Gasteiger partial charge in [-0.2, -0.15) is 0 Å². The van der Waals surface area contributed by atoms with Gasteiger partial charge in [-0.05, 0) is 0 Å². The first-order valence-electron chi connectivity index (χ1n) is 5.55. The number of hydrogen-bond acceptors (Lipinski definition) is 4. The molecule has 3 rings (SSSR count). The van der Waals surface area contributed by atoms with Gasteiger partial charge in [0.2, 0.25) is 0 Å². The minimum atomic E-state index is 0.375. The van der Waals surface area contributed by atoms with Crippen LogP contribution in [0.3, 0.4) is 0 Å². The van der Waals surface area contributed by atoms with Gasteiger partial charge in [0.25, 0.3) is 0 Å². The summed E-state index contributed by atoms with van der Waals surface area (Å²) in [7, 11) is 1.95. The molecule has 1 aromatic carbocycles. The quantitative estimate of drug-likeness (QED) is 0.746. The van der Waals surface area contributed by atoms with E-state index < -0.39 is 0 Å². The molecule has 0 amide bonds. The summed E-state index contributed by atoms with van der Waals surface area (Å²) in [6.45, 7) is 0. The lowest BCUT2D eigenvalue weighted by Crippen LogP contribution is -1.93. The highest BCUT2D eigenvalue weighted by Crippen LogP contribution is 2.31. The third kappa shape index (κ3) is 1.66. The highest BCUT2D eigenvalue weighted by molar-refractivity contribution is 5.78. The van der Waals surface area contributed by atoms with Crippen molar-refractivity contribution in [2.75, 3.05) is 5.73 Å². The Labute approximate surface area is 104 Å². The minimum Gasteiger partial charge on any atom is -0.381 e. The molecule has 0 spiro atoms. The van der Waals surface area contributed by atoms with Gasteiger partial charge >= 0.3 is 0 Å². The molecule has 0 atom stereocenters. The number of aryl methyl sites for hydroxylation is 1. The van der Waals surface area contributed by atoms with Crippen molar-refractivity contribution in [1.29, 1.82) is 0 Å². The first kappa shape index (κ1) is 10.6. The molecule has 18 heavy (non-hydrogen) atoms. The summed E-state index contributed by atoms with van der Waals surface area (Å²) in [5.74, 6) is 1.89. The highest BCUT2D eigenvalue weighted by Gasteiger charge is 2.13. The van der Waals surface area contributed by atoms with E-state index in [-0.39, 0.29) is 0 Å². The first-order valence-corrected chi connectivity index (χ1v) is 5.55. The van der Waals surface area contributed by atoms with Crippen molar-refractivity contribution in [2.24, 2.45) is 7.05 Å². The van der Waals surface area contributed by atoms with Crippen molar-refractivity contribution < 1.29 is 4.52 Å². The zero-order valence-corrected chi connectivity index (χ0v) is 9.87. The number of nitrogens with two attached hydrogens (primary N) is 1. The third-order valence-corrected chi connectivity index (χ3v) is 2.78. The van der Waals surface area contributed by atoms with Gasteiger partial charge in [0, 0.05) is 36.6 Å². The van der Waals surface area contributed by atoms with Crippen LogP contribution in [0.5, 0.6) is 0 Å². The summed E-state index contributed by atoms with van der Waals surface area (Å²) in [6, 6.07) is 9.58. The zero-order chi connectivity index (χ0) is 12.5. The standard InChI is InChI=1S/C13H12N4O/c1-17-7-6-15-13(17)10-5-3-2-4-9(10)11-8-12(14)16-18-11/h2-8H,1H3,(H2,14,16). The maximum atomic E-state index is 5.59. The van der Waals surface area contributed by atoms with Crippen molar-refractivity contribution in [3.05, 3.63) is 42.7 Å². The summed E-state index contributed by atoms with van der Waals surface area (Å²) in [5.41, 5.74) is 7.50. The number of imidazole rings is 1. The fourth-order valence-electron chi connectivity index (χ4n) is 1.93. The van der Waals surface area contributed by atoms with Gasteiger partial charge in [-0.3, -0.25) is 0 Å². The van der Waals surface area contributed by atoms with Crippen molar-refractivity contribution >= 4 is 5.82 Å². The molecule has 0 fully saturated rings. The predicted octanol–water partition coefficient (Wildman–Crippen LogP) is 2.32. The Balaban J connectivity index is 2.20. The summed E-state index contributed by atoms with van der Waals surface area (Å²) < 4.78 is 7.17. The fourth-order valence-corrected chi connectivity index (χ4v) is 1.93. The molecule has 0 aliphatic rings. The minimum absolute atomic E-state index is 0.375. The lowest BCUT2D eigenvalue weighted by Gasteiger charge is -2.06. The van der Waals surface area contributed by atoms with Crippen LogP contribution >= 0.6 is 0 Å². The maximum Gasteiger partial charge on any atom is 0.169 e. The molecule has 0 saturated heterocycles. The van der Waals surface area contributed by atoms with Crippen LogP contribution < -0.4 is 5.73 Å². The van der Waals surface area contributed by atoms with E-state index in [0.717, 1.165) is 17.0 Å². The van der Waals surface area contributed by atoms with Crippen molar-refractivity contribution in [3.63, 3.8) is 0 Å². The van der Waals surface area contributed by atoms with Crippen LogP contribution in [-0.4, -0.2) is 14.7 Å². The van der Waals surface area contributed by atoms with Crippen LogP contribution in [0, 0.1) is 0 Å². The molecule has 3 aromatic rings. The Hall–Kier alpha value is -2.56. The van der Waals surface area contributed by atoms with Gasteiger partial charge in [-0.25, -0.2) is 4.98 Å². The predicted molar refractivity (Wildman–Crippen MR) is 68.6 cm³/mol. The van der Waals surface area contributed by atoms with E-state index in [4.69, 9.17) is 10.3 Å². The monoisotopic (exact) mass is 240 g/mol. The molecular weight excluding hydrogens is 228 g/mol. The molecule has 0 bridgehead atoms. The van der Waals surface area contributed by atoms with E-state index in [0.29, 0.717) is 11.6 Å². The normalized spacial score (nSPS) is 10.7. The van der Waals surface area contributed by atoms with Crippen LogP contribution in [0.15, 0.2) is 47.2 Å². The fraction of sp³-hybridized carbons (Fsp3) is 0.0769. The van der Waals surface area contributed by atoms with Gasteiger partial charge in [0.15, 0.2) is 11.6 Å². The summed E-state index contributed by atoms with van der Waals surface area (Å²) in [5, 5.41) is 3.71. The number of rotatable bonds is 2. The maximum absolute atomic E-state index is 5.59. The van der Waals surface area contributed by atoms with E-state index in [1.165, 1.54) is 0 Å². The Bertz CT molecular complexity index is 684. The van der Waals surface area contributed by atoms with Crippen molar-refractivity contribution in [1.82, 2.24) is 14.7 Å². The SMILES string of the molecule is Cn1ccnc1-c1ccccc1-c1cc(N)no1. The van der Waals surface area contributed by atoms with Crippen LogP contribution in [0.1, 0.15) is 0 Å². The molecule has 0 aliphatic heterocycles. The van der Waals surface area contributed by atoms with Crippen molar-refractivity contribution in [2.45, 2.75) is 0 Å². The average Bonchev–Trinajstić information content (AvgIpc) is 2.98. The molecule has 5 nitrogen and oxygen atoms in total. The largest absolute Gasteiger partial charge is 0.381 e. The van der Waals surface area contributed by atoms with Crippen LogP contribution in [0.2, 0.25) is 0 Å².